The van der Waals surface area contributed by atoms with Crippen molar-refractivity contribution < 1.29 is 18.3 Å². The van der Waals surface area contributed by atoms with E-state index in [0.29, 0.717) is 19.8 Å². The summed E-state index contributed by atoms with van der Waals surface area (Å²) in [7, 11) is 0. The molecule has 1 aliphatic rings. The van der Waals surface area contributed by atoms with Crippen LogP contribution in [0.4, 0.5) is 8.78 Å². The fraction of sp³-hybridized carbons (Fsp3) is 0.909. The van der Waals surface area contributed by atoms with Gasteiger partial charge in [0.05, 0.1) is 13.1 Å². The van der Waals surface area contributed by atoms with E-state index in [1.807, 2.05) is 0 Å². The number of rotatable bonds is 7. The Hall–Kier alpha value is -0.790. The Balaban J connectivity index is 2.30. The zero-order valence-electron chi connectivity index (χ0n) is 10.4. The maximum Gasteiger partial charge on any atom is 0.251 e. The molecule has 0 aromatic heterocycles. The lowest BCUT2D eigenvalue weighted by molar-refractivity contribution is -0.123. The zero-order valence-corrected chi connectivity index (χ0v) is 10.4. The van der Waals surface area contributed by atoms with E-state index >= 15 is 0 Å². The quantitative estimate of drug-likeness (QED) is 0.669. The SMILES string of the molecule is NCCN(CC(=O)NC1CCOCC1)CC(F)F. The molecule has 0 atom stereocenters. The van der Waals surface area contributed by atoms with E-state index in [-0.39, 0.29) is 25.0 Å². The van der Waals surface area contributed by atoms with Gasteiger partial charge in [-0.3, -0.25) is 9.69 Å². The van der Waals surface area contributed by atoms with Crippen LogP contribution in [-0.2, 0) is 9.53 Å². The van der Waals surface area contributed by atoms with Crippen molar-refractivity contribution in [3.63, 3.8) is 0 Å². The second kappa shape index (κ2) is 8.34. The Kier molecular flexibility index (Phi) is 7.07. The summed E-state index contributed by atoms with van der Waals surface area (Å²) in [5, 5.41) is 2.83. The van der Waals surface area contributed by atoms with Crippen LogP contribution in [0.1, 0.15) is 12.8 Å². The zero-order chi connectivity index (χ0) is 13.4. The second-order valence-corrected chi connectivity index (χ2v) is 4.37. The molecule has 5 nitrogen and oxygen atoms in total. The summed E-state index contributed by atoms with van der Waals surface area (Å²) in [6, 6.07) is 0.0949. The molecule has 1 rings (SSSR count). The van der Waals surface area contributed by atoms with Crippen molar-refractivity contribution in [1.29, 1.82) is 0 Å². The van der Waals surface area contributed by atoms with Crippen LogP contribution in [0.5, 0.6) is 0 Å². The highest BCUT2D eigenvalue weighted by Crippen LogP contribution is 2.06. The van der Waals surface area contributed by atoms with Gasteiger partial charge in [-0.25, -0.2) is 8.78 Å². The number of ether oxygens (including phenoxy) is 1. The fourth-order valence-corrected chi connectivity index (χ4v) is 1.93. The summed E-state index contributed by atoms with van der Waals surface area (Å²) in [5.74, 6) is -0.226. The third-order valence-electron chi connectivity index (χ3n) is 2.80. The van der Waals surface area contributed by atoms with Crippen LogP contribution in [0.2, 0.25) is 0 Å². The Bertz CT molecular complexity index is 248. The van der Waals surface area contributed by atoms with Crippen molar-refractivity contribution in [1.82, 2.24) is 10.2 Å². The van der Waals surface area contributed by atoms with Crippen LogP contribution in [0.3, 0.4) is 0 Å². The summed E-state index contributed by atoms with van der Waals surface area (Å²) in [4.78, 5) is 13.1. The van der Waals surface area contributed by atoms with Crippen LogP contribution in [0.15, 0.2) is 0 Å². The molecule has 3 N–H and O–H groups in total. The lowest BCUT2D eigenvalue weighted by atomic mass is 10.1. The van der Waals surface area contributed by atoms with Gasteiger partial charge < -0.3 is 15.8 Å². The molecule has 0 spiro atoms. The number of halogens is 2. The second-order valence-electron chi connectivity index (χ2n) is 4.37. The van der Waals surface area contributed by atoms with Crippen molar-refractivity contribution in [2.45, 2.75) is 25.3 Å². The summed E-state index contributed by atoms with van der Waals surface area (Å²) in [5.41, 5.74) is 5.33. The highest BCUT2D eigenvalue weighted by atomic mass is 19.3. The lowest BCUT2D eigenvalue weighted by Crippen LogP contribution is -2.46. The van der Waals surface area contributed by atoms with Gasteiger partial charge in [-0.15, -0.1) is 0 Å². The minimum Gasteiger partial charge on any atom is -0.381 e. The van der Waals surface area contributed by atoms with Crippen LogP contribution < -0.4 is 11.1 Å². The summed E-state index contributed by atoms with van der Waals surface area (Å²) in [6.07, 6.45) is -0.901. The highest BCUT2D eigenvalue weighted by Gasteiger charge is 2.19. The van der Waals surface area contributed by atoms with E-state index in [4.69, 9.17) is 10.5 Å². The molecular formula is C11H21F2N3O2. The predicted molar refractivity (Wildman–Crippen MR) is 63.5 cm³/mol. The van der Waals surface area contributed by atoms with E-state index in [0.717, 1.165) is 12.8 Å². The van der Waals surface area contributed by atoms with E-state index < -0.39 is 13.0 Å². The molecule has 1 heterocycles. The van der Waals surface area contributed by atoms with Crippen LogP contribution in [-0.4, -0.2) is 62.7 Å². The number of alkyl halides is 2. The van der Waals surface area contributed by atoms with E-state index in [1.54, 1.807) is 0 Å². The molecule has 1 fully saturated rings. The number of hydrogen-bond acceptors (Lipinski definition) is 4. The summed E-state index contributed by atoms with van der Waals surface area (Å²) < 4.78 is 29.7. The van der Waals surface area contributed by atoms with Gasteiger partial charge in [-0.2, -0.15) is 0 Å². The van der Waals surface area contributed by atoms with E-state index in [9.17, 15) is 13.6 Å². The molecule has 7 heteroatoms. The topological polar surface area (TPSA) is 67.6 Å². The van der Waals surface area contributed by atoms with Gasteiger partial charge in [-0.1, -0.05) is 0 Å². The van der Waals surface area contributed by atoms with Gasteiger partial charge in [0.2, 0.25) is 5.91 Å². The molecule has 0 radical (unpaired) electrons. The maximum atomic E-state index is 12.3. The number of hydrogen-bond donors (Lipinski definition) is 2. The summed E-state index contributed by atoms with van der Waals surface area (Å²) >= 11 is 0. The highest BCUT2D eigenvalue weighted by molar-refractivity contribution is 5.78. The molecule has 106 valence electrons. The van der Waals surface area contributed by atoms with Crippen LogP contribution in [0, 0.1) is 0 Å². The fourth-order valence-electron chi connectivity index (χ4n) is 1.93. The molecule has 1 aliphatic heterocycles. The molecule has 0 saturated carbocycles. The maximum absolute atomic E-state index is 12.3. The van der Waals surface area contributed by atoms with Gasteiger partial charge in [0.1, 0.15) is 0 Å². The third-order valence-corrected chi connectivity index (χ3v) is 2.80. The summed E-state index contributed by atoms with van der Waals surface area (Å²) in [6.45, 7) is 1.38. The van der Waals surface area contributed by atoms with Crippen molar-refractivity contribution in [2.24, 2.45) is 5.73 Å². The van der Waals surface area contributed by atoms with Gasteiger partial charge >= 0.3 is 0 Å². The largest absolute Gasteiger partial charge is 0.381 e. The molecule has 18 heavy (non-hydrogen) atoms. The first-order chi connectivity index (χ1) is 8.61. The Morgan fingerprint density at radius 1 is 1.44 bits per heavy atom. The van der Waals surface area contributed by atoms with Crippen molar-refractivity contribution in [3.8, 4) is 0 Å². The van der Waals surface area contributed by atoms with Crippen molar-refractivity contribution >= 4 is 5.91 Å². The average molecular weight is 265 g/mol. The van der Waals surface area contributed by atoms with Gasteiger partial charge in [0, 0.05) is 32.3 Å². The monoisotopic (exact) mass is 265 g/mol. The smallest absolute Gasteiger partial charge is 0.251 e. The van der Waals surface area contributed by atoms with Gasteiger partial charge in [-0.05, 0) is 12.8 Å². The molecule has 0 aromatic carbocycles. The van der Waals surface area contributed by atoms with Crippen molar-refractivity contribution in [3.05, 3.63) is 0 Å². The number of nitrogens with two attached hydrogens (primary N) is 1. The first-order valence-electron chi connectivity index (χ1n) is 6.19. The lowest BCUT2D eigenvalue weighted by Gasteiger charge is -2.25. The van der Waals surface area contributed by atoms with Gasteiger partial charge in [0.25, 0.3) is 6.43 Å². The Morgan fingerprint density at radius 3 is 2.67 bits per heavy atom. The number of carbonyl (C=O) groups excluding carboxylic acids is 1. The molecule has 0 unspecified atom stereocenters. The van der Waals surface area contributed by atoms with Gasteiger partial charge in [0.15, 0.2) is 0 Å². The molecule has 1 amide bonds. The number of amides is 1. The minimum atomic E-state index is -2.45. The van der Waals surface area contributed by atoms with Crippen LogP contribution in [0.25, 0.3) is 0 Å². The number of carbonyl (C=O) groups is 1. The third kappa shape index (κ3) is 6.23. The van der Waals surface area contributed by atoms with Crippen LogP contribution >= 0.6 is 0 Å². The average Bonchev–Trinajstić information content (AvgIpc) is 2.29. The van der Waals surface area contributed by atoms with Crippen molar-refractivity contribution in [2.75, 3.05) is 39.4 Å². The standard InChI is InChI=1S/C11H21F2N3O2/c12-10(13)7-16(4-3-14)8-11(17)15-9-1-5-18-6-2-9/h9-10H,1-8,14H2,(H,15,17). The molecular weight excluding hydrogens is 244 g/mol. The molecule has 0 bridgehead atoms. The molecule has 1 saturated heterocycles. The Morgan fingerprint density at radius 2 is 2.11 bits per heavy atom. The first kappa shape index (κ1) is 15.3. The molecule has 0 aromatic rings. The normalized spacial score (nSPS) is 17.4. The van der Waals surface area contributed by atoms with E-state index in [2.05, 4.69) is 5.32 Å². The van der Waals surface area contributed by atoms with E-state index in [1.165, 1.54) is 4.90 Å². The first-order valence-corrected chi connectivity index (χ1v) is 6.19. The predicted octanol–water partition coefficient (Wildman–Crippen LogP) is -0.193. The Labute approximate surface area is 106 Å². The minimum absolute atomic E-state index is 0.0289. The number of nitrogens with zero attached hydrogens (tertiary/aromatic N) is 1. The molecule has 0 aliphatic carbocycles. The number of nitrogens with one attached hydrogen (secondary N) is 1.